The number of oxime groups is 1. The maximum absolute atomic E-state index is 12.1. The van der Waals surface area contributed by atoms with Crippen LogP contribution in [0.3, 0.4) is 0 Å². The van der Waals surface area contributed by atoms with Crippen LogP contribution in [0.4, 0.5) is 5.69 Å². The highest BCUT2D eigenvalue weighted by Gasteiger charge is 2.27. The molecular formula is C15H12N2O2. The van der Waals surface area contributed by atoms with Crippen LogP contribution in [-0.2, 0) is 9.63 Å². The topological polar surface area (TPSA) is 41.9 Å². The van der Waals surface area contributed by atoms with Gasteiger partial charge in [0, 0.05) is 5.56 Å². The first-order valence-corrected chi connectivity index (χ1v) is 5.99. The number of hydrogen-bond donors (Lipinski definition) is 0. The van der Waals surface area contributed by atoms with Gasteiger partial charge in [-0.25, -0.2) is 0 Å². The van der Waals surface area contributed by atoms with E-state index in [1.165, 1.54) is 0 Å². The number of anilines is 1. The minimum atomic E-state index is -0.125. The SMILES string of the molecule is O=C1CON=C(c2ccccc2)N1c1ccccc1. The third kappa shape index (κ3) is 2.20. The van der Waals surface area contributed by atoms with Crippen LogP contribution in [0.1, 0.15) is 5.56 Å². The molecule has 1 aliphatic heterocycles. The van der Waals surface area contributed by atoms with Crippen LogP contribution >= 0.6 is 0 Å². The first-order chi connectivity index (χ1) is 9.36. The van der Waals surface area contributed by atoms with E-state index in [2.05, 4.69) is 5.16 Å². The van der Waals surface area contributed by atoms with Crippen LogP contribution in [0.2, 0.25) is 0 Å². The van der Waals surface area contributed by atoms with Crippen molar-refractivity contribution in [3.63, 3.8) is 0 Å². The summed E-state index contributed by atoms with van der Waals surface area (Å²) in [5.74, 6) is 0.392. The quantitative estimate of drug-likeness (QED) is 0.823. The molecule has 4 nitrogen and oxygen atoms in total. The average molecular weight is 252 g/mol. The van der Waals surface area contributed by atoms with E-state index >= 15 is 0 Å². The summed E-state index contributed by atoms with van der Waals surface area (Å²) in [6.45, 7) is -0.0365. The third-order valence-corrected chi connectivity index (χ3v) is 2.85. The fourth-order valence-corrected chi connectivity index (χ4v) is 1.98. The molecule has 0 spiro atoms. The lowest BCUT2D eigenvalue weighted by atomic mass is 10.1. The summed E-state index contributed by atoms with van der Waals surface area (Å²) in [5.41, 5.74) is 1.64. The molecule has 3 rings (SSSR count). The summed E-state index contributed by atoms with van der Waals surface area (Å²) < 4.78 is 0. The zero-order valence-corrected chi connectivity index (χ0v) is 10.2. The largest absolute Gasteiger partial charge is 0.384 e. The van der Waals surface area contributed by atoms with Crippen molar-refractivity contribution in [2.75, 3.05) is 11.5 Å². The number of nitrogens with zero attached hydrogens (tertiary/aromatic N) is 2. The van der Waals surface area contributed by atoms with E-state index in [4.69, 9.17) is 4.84 Å². The number of benzene rings is 2. The molecule has 4 heteroatoms. The Kier molecular flexibility index (Phi) is 2.98. The molecule has 0 saturated heterocycles. The number of carbonyl (C=O) groups is 1. The number of amidine groups is 1. The molecule has 1 amide bonds. The monoisotopic (exact) mass is 252 g/mol. The summed E-state index contributed by atoms with van der Waals surface area (Å²) in [6, 6.07) is 19.0. The molecule has 0 atom stereocenters. The van der Waals surface area contributed by atoms with Crippen molar-refractivity contribution in [1.29, 1.82) is 0 Å². The van der Waals surface area contributed by atoms with Gasteiger partial charge in [-0.3, -0.25) is 9.69 Å². The van der Waals surface area contributed by atoms with Crippen LogP contribution in [-0.4, -0.2) is 18.3 Å². The Labute approximate surface area is 110 Å². The fraction of sp³-hybridized carbons (Fsp3) is 0.0667. The number of carbonyl (C=O) groups excluding carboxylic acids is 1. The van der Waals surface area contributed by atoms with Crippen LogP contribution in [0.25, 0.3) is 0 Å². The normalized spacial score (nSPS) is 14.8. The zero-order valence-electron chi connectivity index (χ0n) is 10.2. The number of amides is 1. The van der Waals surface area contributed by atoms with Gasteiger partial charge in [0.05, 0.1) is 5.69 Å². The Bertz CT molecular complexity index is 609. The van der Waals surface area contributed by atoms with E-state index in [9.17, 15) is 4.79 Å². The molecular weight excluding hydrogens is 240 g/mol. The smallest absolute Gasteiger partial charge is 0.273 e. The highest BCUT2D eigenvalue weighted by molar-refractivity contribution is 6.24. The minimum absolute atomic E-state index is 0.0365. The molecule has 1 aliphatic rings. The Morgan fingerprint density at radius 2 is 1.58 bits per heavy atom. The maximum Gasteiger partial charge on any atom is 0.273 e. The Morgan fingerprint density at radius 3 is 2.26 bits per heavy atom. The molecule has 0 fully saturated rings. The molecule has 1 heterocycles. The lowest BCUT2D eigenvalue weighted by molar-refractivity contribution is -0.123. The minimum Gasteiger partial charge on any atom is -0.384 e. The molecule has 0 aromatic heterocycles. The van der Waals surface area contributed by atoms with Gasteiger partial charge in [-0.15, -0.1) is 0 Å². The van der Waals surface area contributed by atoms with Gasteiger partial charge in [-0.2, -0.15) is 0 Å². The Hall–Kier alpha value is -2.62. The Balaban J connectivity index is 2.06. The highest BCUT2D eigenvalue weighted by Crippen LogP contribution is 2.20. The fourth-order valence-electron chi connectivity index (χ4n) is 1.98. The van der Waals surface area contributed by atoms with Gasteiger partial charge in [0.25, 0.3) is 5.91 Å². The van der Waals surface area contributed by atoms with Crippen molar-refractivity contribution in [3.8, 4) is 0 Å². The van der Waals surface area contributed by atoms with E-state index < -0.39 is 0 Å². The predicted molar refractivity (Wildman–Crippen MR) is 72.9 cm³/mol. The van der Waals surface area contributed by atoms with Gasteiger partial charge >= 0.3 is 0 Å². The molecule has 0 bridgehead atoms. The first kappa shape index (κ1) is 11.5. The molecule has 2 aromatic carbocycles. The lowest BCUT2D eigenvalue weighted by Crippen LogP contribution is -2.43. The van der Waals surface area contributed by atoms with Gasteiger partial charge in [0.2, 0.25) is 0 Å². The number of para-hydroxylation sites is 1. The van der Waals surface area contributed by atoms with E-state index in [0.717, 1.165) is 11.3 Å². The van der Waals surface area contributed by atoms with Gasteiger partial charge in [-0.1, -0.05) is 53.7 Å². The van der Waals surface area contributed by atoms with Crippen LogP contribution in [0, 0.1) is 0 Å². The van der Waals surface area contributed by atoms with Crippen molar-refractivity contribution in [2.24, 2.45) is 5.16 Å². The van der Waals surface area contributed by atoms with Gasteiger partial charge in [0.1, 0.15) is 0 Å². The van der Waals surface area contributed by atoms with Crippen LogP contribution < -0.4 is 4.90 Å². The maximum atomic E-state index is 12.1. The molecule has 0 unspecified atom stereocenters. The molecule has 19 heavy (non-hydrogen) atoms. The lowest BCUT2D eigenvalue weighted by Gasteiger charge is -2.26. The second-order valence-corrected chi connectivity index (χ2v) is 4.12. The van der Waals surface area contributed by atoms with E-state index in [1.54, 1.807) is 4.90 Å². The van der Waals surface area contributed by atoms with Crippen LogP contribution in [0.15, 0.2) is 65.8 Å². The summed E-state index contributed by atoms with van der Waals surface area (Å²) in [5, 5.41) is 4.03. The third-order valence-electron chi connectivity index (χ3n) is 2.85. The van der Waals surface area contributed by atoms with Gasteiger partial charge in [0.15, 0.2) is 12.4 Å². The van der Waals surface area contributed by atoms with Crippen molar-refractivity contribution >= 4 is 17.4 Å². The number of hydrogen-bond acceptors (Lipinski definition) is 3. The Morgan fingerprint density at radius 1 is 0.947 bits per heavy atom. The van der Waals surface area contributed by atoms with Crippen LogP contribution in [0.5, 0.6) is 0 Å². The van der Waals surface area contributed by atoms with Crippen molar-refractivity contribution in [1.82, 2.24) is 0 Å². The van der Waals surface area contributed by atoms with Crippen molar-refractivity contribution < 1.29 is 9.63 Å². The molecule has 0 radical (unpaired) electrons. The van der Waals surface area contributed by atoms with E-state index in [1.807, 2.05) is 60.7 Å². The van der Waals surface area contributed by atoms with Gasteiger partial charge in [-0.05, 0) is 12.1 Å². The predicted octanol–water partition coefficient (Wildman–Crippen LogP) is 2.41. The average Bonchev–Trinajstić information content (AvgIpc) is 2.49. The molecule has 2 aromatic rings. The second-order valence-electron chi connectivity index (χ2n) is 4.12. The van der Waals surface area contributed by atoms with Crippen molar-refractivity contribution in [3.05, 3.63) is 66.2 Å². The number of rotatable bonds is 2. The van der Waals surface area contributed by atoms with E-state index in [0.29, 0.717) is 5.84 Å². The molecule has 0 saturated carbocycles. The summed E-state index contributed by atoms with van der Waals surface area (Å²) in [4.78, 5) is 18.7. The van der Waals surface area contributed by atoms with E-state index in [-0.39, 0.29) is 12.5 Å². The highest BCUT2D eigenvalue weighted by atomic mass is 16.6. The van der Waals surface area contributed by atoms with Gasteiger partial charge < -0.3 is 4.84 Å². The summed E-state index contributed by atoms with van der Waals surface area (Å²) in [6.07, 6.45) is 0. The molecule has 0 N–H and O–H groups in total. The summed E-state index contributed by atoms with van der Waals surface area (Å²) in [7, 11) is 0. The summed E-state index contributed by atoms with van der Waals surface area (Å²) >= 11 is 0. The first-order valence-electron chi connectivity index (χ1n) is 5.99. The molecule has 0 aliphatic carbocycles. The zero-order chi connectivity index (χ0) is 13.1. The molecule has 94 valence electrons. The second kappa shape index (κ2) is 4.94. The standard InChI is InChI=1S/C15H12N2O2/c18-14-11-19-16-15(12-7-3-1-4-8-12)17(14)13-9-5-2-6-10-13/h1-10H,11H2. The van der Waals surface area contributed by atoms with Crippen molar-refractivity contribution in [2.45, 2.75) is 0 Å².